The normalized spacial score (nSPS) is 17.2. The van der Waals surface area contributed by atoms with Gasteiger partial charge in [0.2, 0.25) is 0 Å². The van der Waals surface area contributed by atoms with Crippen molar-refractivity contribution in [2.24, 2.45) is 0 Å². The largest absolute Gasteiger partial charge is 0.464 e. The molecule has 6 nitrogen and oxygen atoms in total. The van der Waals surface area contributed by atoms with E-state index in [0.717, 1.165) is 43.1 Å². The molecular formula is C19H20N4O2. The van der Waals surface area contributed by atoms with E-state index in [2.05, 4.69) is 16.9 Å². The Kier molecular flexibility index (Phi) is 4.09. The summed E-state index contributed by atoms with van der Waals surface area (Å²) in [4.78, 5) is 23.2. The van der Waals surface area contributed by atoms with Crippen LogP contribution in [0.2, 0.25) is 0 Å². The monoisotopic (exact) mass is 336 g/mol. The van der Waals surface area contributed by atoms with Crippen LogP contribution in [-0.2, 0) is 6.42 Å². The topological polar surface area (TPSA) is 64.2 Å². The number of hydrogen-bond donors (Lipinski definition) is 0. The molecule has 3 aromatic rings. The molecule has 1 fully saturated rings. The lowest BCUT2D eigenvalue weighted by molar-refractivity contribution is 0.0718. The van der Waals surface area contributed by atoms with Crippen LogP contribution in [0.25, 0.3) is 5.82 Å². The molecule has 1 amide bonds. The van der Waals surface area contributed by atoms with Crippen molar-refractivity contribution in [1.82, 2.24) is 19.4 Å². The molecule has 0 unspecified atom stereocenters. The molecule has 0 bridgehead atoms. The maximum atomic E-state index is 12.9. The van der Waals surface area contributed by atoms with Crippen LogP contribution in [0, 0.1) is 0 Å². The van der Waals surface area contributed by atoms with Crippen molar-refractivity contribution in [2.75, 3.05) is 6.54 Å². The van der Waals surface area contributed by atoms with Crippen molar-refractivity contribution in [3.63, 3.8) is 0 Å². The van der Waals surface area contributed by atoms with Gasteiger partial charge in [0.05, 0.1) is 11.6 Å². The molecule has 128 valence electrons. The molecule has 1 saturated heterocycles. The molecule has 4 heterocycles. The summed E-state index contributed by atoms with van der Waals surface area (Å²) in [5.74, 6) is 2.58. The zero-order valence-corrected chi connectivity index (χ0v) is 14.1. The number of hydrogen-bond acceptors (Lipinski definition) is 4. The van der Waals surface area contributed by atoms with Crippen LogP contribution in [0.15, 0.2) is 53.6 Å². The predicted molar refractivity (Wildman–Crippen MR) is 92.5 cm³/mol. The number of imidazole rings is 1. The first-order chi connectivity index (χ1) is 12.3. The summed E-state index contributed by atoms with van der Waals surface area (Å²) < 4.78 is 7.69. The third-order valence-corrected chi connectivity index (χ3v) is 4.64. The quantitative estimate of drug-likeness (QED) is 0.732. The molecule has 0 aliphatic carbocycles. The Morgan fingerprint density at radius 1 is 1.32 bits per heavy atom. The number of amides is 1. The summed E-state index contributed by atoms with van der Waals surface area (Å²) in [6.45, 7) is 2.81. The lowest BCUT2D eigenvalue weighted by Gasteiger charge is -2.23. The highest BCUT2D eigenvalue weighted by Gasteiger charge is 2.32. The average molecular weight is 336 g/mol. The van der Waals surface area contributed by atoms with E-state index < -0.39 is 0 Å². The molecule has 0 spiro atoms. The predicted octanol–water partition coefficient (Wildman–Crippen LogP) is 3.40. The zero-order valence-electron chi connectivity index (χ0n) is 14.1. The molecule has 1 atom stereocenters. The maximum Gasteiger partial charge on any atom is 0.256 e. The second kappa shape index (κ2) is 6.55. The van der Waals surface area contributed by atoms with Crippen LogP contribution in [0.1, 0.15) is 47.7 Å². The maximum absolute atomic E-state index is 12.9. The van der Waals surface area contributed by atoms with Gasteiger partial charge in [-0.1, -0.05) is 6.92 Å². The first-order valence-corrected chi connectivity index (χ1v) is 8.60. The van der Waals surface area contributed by atoms with Gasteiger partial charge in [0, 0.05) is 31.6 Å². The molecule has 1 aliphatic rings. The fraction of sp³-hybridized carbons (Fsp3) is 0.316. The Balaban J connectivity index is 1.55. The lowest BCUT2D eigenvalue weighted by atomic mass is 10.1. The van der Waals surface area contributed by atoms with E-state index in [1.165, 1.54) is 0 Å². The van der Waals surface area contributed by atoms with Crippen LogP contribution in [-0.4, -0.2) is 31.9 Å². The molecule has 3 aromatic heterocycles. The van der Waals surface area contributed by atoms with Gasteiger partial charge in [-0.2, -0.15) is 0 Å². The Morgan fingerprint density at radius 2 is 2.24 bits per heavy atom. The van der Waals surface area contributed by atoms with Gasteiger partial charge in [-0.15, -0.1) is 0 Å². The van der Waals surface area contributed by atoms with E-state index >= 15 is 0 Å². The van der Waals surface area contributed by atoms with Gasteiger partial charge in [-0.25, -0.2) is 9.97 Å². The van der Waals surface area contributed by atoms with Crippen LogP contribution >= 0.6 is 0 Å². The SMILES string of the molecule is CCc1ccc([C@@H]2CCCN2C(=O)c2ccc(-n3ccnc3)nc2)o1. The average Bonchev–Trinajstić information content (AvgIpc) is 3.42. The highest BCUT2D eigenvalue weighted by Crippen LogP contribution is 2.34. The molecule has 6 heteroatoms. The second-order valence-corrected chi connectivity index (χ2v) is 6.19. The molecule has 0 radical (unpaired) electrons. The van der Waals surface area contributed by atoms with Crippen LogP contribution in [0.5, 0.6) is 0 Å². The number of furan rings is 1. The molecule has 0 saturated carbocycles. The second-order valence-electron chi connectivity index (χ2n) is 6.19. The smallest absolute Gasteiger partial charge is 0.256 e. The molecule has 0 N–H and O–H groups in total. The van der Waals surface area contributed by atoms with E-state index in [1.807, 2.05) is 39.9 Å². The number of aryl methyl sites for hydroxylation is 1. The molecule has 1 aliphatic heterocycles. The minimum Gasteiger partial charge on any atom is -0.464 e. The summed E-state index contributed by atoms with van der Waals surface area (Å²) in [7, 11) is 0. The minimum atomic E-state index is 0.00151. The van der Waals surface area contributed by atoms with Crippen molar-refractivity contribution >= 4 is 5.91 Å². The lowest BCUT2D eigenvalue weighted by Crippen LogP contribution is -2.30. The number of likely N-dealkylation sites (tertiary alicyclic amines) is 1. The van der Waals surface area contributed by atoms with Gasteiger partial charge in [0.15, 0.2) is 0 Å². The van der Waals surface area contributed by atoms with Gasteiger partial charge >= 0.3 is 0 Å². The van der Waals surface area contributed by atoms with Crippen molar-refractivity contribution in [3.8, 4) is 5.82 Å². The third kappa shape index (κ3) is 2.95. The molecular weight excluding hydrogens is 316 g/mol. The molecule has 0 aromatic carbocycles. The van der Waals surface area contributed by atoms with E-state index in [9.17, 15) is 4.79 Å². The summed E-state index contributed by atoms with van der Waals surface area (Å²) in [5, 5.41) is 0. The van der Waals surface area contributed by atoms with E-state index in [4.69, 9.17) is 4.42 Å². The molecule has 25 heavy (non-hydrogen) atoms. The fourth-order valence-electron chi connectivity index (χ4n) is 3.29. The summed E-state index contributed by atoms with van der Waals surface area (Å²) in [6.07, 6.45) is 9.61. The fourth-order valence-corrected chi connectivity index (χ4v) is 3.29. The van der Waals surface area contributed by atoms with Crippen molar-refractivity contribution in [1.29, 1.82) is 0 Å². The van der Waals surface area contributed by atoms with Gasteiger partial charge in [-0.05, 0) is 37.1 Å². The Hall–Kier alpha value is -2.89. The number of nitrogens with zero attached hydrogens (tertiary/aromatic N) is 4. The van der Waals surface area contributed by atoms with E-state index in [-0.39, 0.29) is 11.9 Å². The van der Waals surface area contributed by atoms with Gasteiger partial charge in [0.1, 0.15) is 23.7 Å². The minimum absolute atomic E-state index is 0.00151. The Morgan fingerprint density at radius 3 is 2.92 bits per heavy atom. The van der Waals surface area contributed by atoms with Gasteiger partial charge in [0.25, 0.3) is 5.91 Å². The zero-order chi connectivity index (χ0) is 17.2. The first kappa shape index (κ1) is 15.6. The Labute approximate surface area is 146 Å². The number of carbonyl (C=O) groups is 1. The summed E-state index contributed by atoms with van der Waals surface area (Å²) >= 11 is 0. The Bertz CT molecular complexity index is 852. The van der Waals surface area contributed by atoms with Gasteiger partial charge < -0.3 is 9.32 Å². The number of carbonyl (C=O) groups excluding carboxylic acids is 1. The number of aromatic nitrogens is 3. The van der Waals surface area contributed by atoms with Crippen LogP contribution in [0.3, 0.4) is 0 Å². The van der Waals surface area contributed by atoms with Crippen molar-refractivity contribution in [2.45, 2.75) is 32.2 Å². The summed E-state index contributed by atoms with van der Waals surface area (Å²) in [5.41, 5.74) is 0.595. The number of pyridine rings is 1. The number of rotatable bonds is 4. The summed E-state index contributed by atoms with van der Waals surface area (Å²) in [6, 6.07) is 7.66. The third-order valence-electron chi connectivity index (χ3n) is 4.64. The molecule has 4 rings (SSSR count). The van der Waals surface area contributed by atoms with E-state index in [0.29, 0.717) is 5.56 Å². The standard InChI is InChI=1S/C19H20N4O2/c1-2-15-6-7-17(25-15)16-4-3-10-23(16)19(24)14-5-8-18(21-12-14)22-11-9-20-13-22/h5-9,11-13,16H,2-4,10H2,1H3/t16-/m0/s1. The van der Waals surface area contributed by atoms with Crippen molar-refractivity contribution in [3.05, 3.63) is 66.3 Å². The van der Waals surface area contributed by atoms with Crippen LogP contribution in [0.4, 0.5) is 0 Å². The van der Waals surface area contributed by atoms with Gasteiger partial charge in [-0.3, -0.25) is 9.36 Å². The van der Waals surface area contributed by atoms with Crippen molar-refractivity contribution < 1.29 is 9.21 Å². The van der Waals surface area contributed by atoms with Crippen LogP contribution < -0.4 is 0 Å². The van der Waals surface area contributed by atoms with E-state index in [1.54, 1.807) is 18.7 Å². The highest BCUT2D eigenvalue weighted by molar-refractivity contribution is 5.94. The first-order valence-electron chi connectivity index (χ1n) is 8.60. The highest BCUT2D eigenvalue weighted by atomic mass is 16.3.